The number of esters is 1. The first-order valence-corrected chi connectivity index (χ1v) is 13.4. The standard InChI is InChI=1S/C28H17BrCl2N2O3S/c1-36-28(35)25-20(15-6-9-17(29)10-7-15)14-37-27(25)33-26(34)19-13-24(16-8-11-21(30)22(31)12-16)32-23-5-3-2-4-18(19)23/h2-14H,1H3,(H,33,34). The number of carbonyl (C=O) groups is 2. The Kier molecular flexibility index (Phi) is 7.31. The normalized spacial score (nSPS) is 10.9. The highest BCUT2D eigenvalue weighted by molar-refractivity contribution is 9.10. The zero-order valence-corrected chi connectivity index (χ0v) is 23.1. The Labute approximate surface area is 235 Å². The molecule has 0 unspecified atom stereocenters. The van der Waals surface area contributed by atoms with Gasteiger partial charge in [0.2, 0.25) is 0 Å². The molecule has 5 nitrogen and oxygen atoms in total. The van der Waals surface area contributed by atoms with E-state index in [1.54, 1.807) is 24.3 Å². The molecule has 1 amide bonds. The Morgan fingerprint density at radius 1 is 0.946 bits per heavy atom. The first-order valence-electron chi connectivity index (χ1n) is 11.0. The molecule has 0 aliphatic heterocycles. The molecule has 0 radical (unpaired) electrons. The number of hydrogen-bond acceptors (Lipinski definition) is 5. The number of ether oxygens (including phenoxy) is 1. The third-order valence-electron chi connectivity index (χ3n) is 5.74. The summed E-state index contributed by atoms with van der Waals surface area (Å²) in [7, 11) is 1.32. The van der Waals surface area contributed by atoms with Gasteiger partial charge in [-0.05, 0) is 42.0 Å². The van der Waals surface area contributed by atoms with Crippen LogP contribution >= 0.6 is 50.5 Å². The lowest BCUT2D eigenvalue weighted by Crippen LogP contribution is -2.15. The Bertz CT molecular complexity index is 1670. The predicted octanol–water partition coefficient (Wildman–Crippen LogP) is 8.74. The second kappa shape index (κ2) is 10.6. The van der Waals surface area contributed by atoms with E-state index in [2.05, 4.69) is 21.2 Å². The quantitative estimate of drug-likeness (QED) is 0.202. The van der Waals surface area contributed by atoms with E-state index in [4.69, 9.17) is 32.9 Å². The Balaban J connectivity index is 1.58. The molecule has 0 saturated heterocycles. The average Bonchev–Trinajstić information content (AvgIpc) is 3.32. The van der Waals surface area contributed by atoms with E-state index in [0.717, 1.165) is 15.6 Å². The molecule has 3 aromatic carbocycles. The fourth-order valence-electron chi connectivity index (χ4n) is 3.93. The number of nitrogens with one attached hydrogen (secondary N) is 1. The number of hydrogen-bond donors (Lipinski definition) is 1. The lowest BCUT2D eigenvalue weighted by molar-refractivity contribution is 0.0603. The maximum Gasteiger partial charge on any atom is 0.341 e. The molecule has 0 aliphatic carbocycles. The van der Waals surface area contributed by atoms with Crippen LogP contribution in [0.4, 0.5) is 5.00 Å². The van der Waals surface area contributed by atoms with Crippen molar-refractivity contribution < 1.29 is 14.3 Å². The lowest BCUT2D eigenvalue weighted by Gasteiger charge is -2.12. The molecule has 0 aliphatic rings. The summed E-state index contributed by atoms with van der Waals surface area (Å²) in [5, 5.41) is 6.65. The van der Waals surface area contributed by atoms with Crippen molar-refractivity contribution in [2.75, 3.05) is 12.4 Å². The summed E-state index contributed by atoms with van der Waals surface area (Å²) in [6.07, 6.45) is 0. The molecule has 0 spiro atoms. The lowest BCUT2D eigenvalue weighted by atomic mass is 10.0. The van der Waals surface area contributed by atoms with Crippen LogP contribution < -0.4 is 5.32 Å². The number of pyridine rings is 1. The maximum atomic E-state index is 13.6. The van der Waals surface area contributed by atoms with Crippen molar-refractivity contribution in [3.8, 4) is 22.4 Å². The van der Waals surface area contributed by atoms with Gasteiger partial charge in [0, 0.05) is 26.4 Å². The number of benzene rings is 3. The van der Waals surface area contributed by atoms with E-state index in [1.165, 1.54) is 18.4 Å². The highest BCUT2D eigenvalue weighted by atomic mass is 79.9. The number of carbonyl (C=O) groups excluding carboxylic acids is 2. The topological polar surface area (TPSA) is 68.3 Å². The van der Waals surface area contributed by atoms with E-state index in [0.29, 0.717) is 48.3 Å². The van der Waals surface area contributed by atoms with Gasteiger partial charge in [-0.3, -0.25) is 4.79 Å². The third-order valence-corrected chi connectivity index (χ3v) is 7.90. The number of thiophene rings is 1. The first-order chi connectivity index (χ1) is 17.9. The largest absolute Gasteiger partial charge is 0.465 e. The maximum absolute atomic E-state index is 13.6. The van der Waals surface area contributed by atoms with Crippen LogP contribution in [0.5, 0.6) is 0 Å². The fraction of sp³-hybridized carbons (Fsp3) is 0.0357. The van der Waals surface area contributed by atoms with Gasteiger partial charge >= 0.3 is 5.97 Å². The van der Waals surface area contributed by atoms with Crippen molar-refractivity contribution in [3.63, 3.8) is 0 Å². The molecule has 1 N–H and O–H groups in total. The number of amides is 1. The number of para-hydroxylation sites is 1. The summed E-state index contributed by atoms with van der Waals surface area (Å²) < 4.78 is 5.97. The summed E-state index contributed by atoms with van der Waals surface area (Å²) >= 11 is 17.0. The second-order valence-corrected chi connectivity index (χ2v) is 10.6. The smallest absolute Gasteiger partial charge is 0.341 e. The van der Waals surface area contributed by atoms with E-state index >= 15 is 0 Å². The Morgan fingerprint density at radius 3 is 2.41 bits per heavy atom. The van der Waals surface area contributed by atoms with Gasteiger partial charge in [0.05, 0.1) is 33.9 Å². The highest BCUT2D eigenvalue weighted by Gasteiger charge is 2.24. The molecule has 9 heteroatoms. The molecule has 184 valence electrons. The van der Waals surface area contributed by atoms with Gasteiger partial charge in [-0.1, -0.05) is 75.5 Å². The molecule has 2 aromatic heterocycles. The number of fused-ring (bicyclic) bond motifs is 1. The second-order valence-electron chi connectivity index (χ2n) is 8.01. The van der Waals surface area contributed by atoms with Crippen LogP contribution in [0.15, 0.2) is 82.6 Å². The first kappa shape index (κ1) is 25.4. The molecule has 37 heavy (non-hydrogen) atoms. The molecular weight excluding hydrogens is 595 g/mol. The van der Waals surface area contributed by atoms with Gasteiger partial charge in [-0.2, -0.15) is 0 Å². The van der Waals surface area contributed by atoms with Gasteiger partial charge in [-0.25, -0.2) is 9.78 Å². The van der Waals surface area contributed by atoms with Crippen LogP contribution in [0.25, 0.3) is 33.3 Å². The average molecular weight is 612 g/mol. The van der Waals surface area contributed by atoms with Crippen LogP contribution in [-0.2, 0) is 4.74 Å². The Morgan fingerprint density at radius 2 is 1.68 bits per heavy atom. The SMILES string of the molecule is COC(=O)c1c(-c2ccc(Br)cc2)csc1NC(=O)c1cc(-c2ccc(Cl)c(Cl)c2)nc2ccccc12. The highest BCUT2D eigenvalue weighted by Crippen LogP contribution is 2.37. The molecule has 5 aromatic rings. The van der Waals surface area contributed by atoms with Crippen molar-refractivity contribution in [1.29, 1.82) is 0 Å². The molecule has 0 saturated carbocycles. The van der Waals surface area contributed by atoms with Crippen molar-refractivity contribution in [3.05, 3.63) is 104 Å². The summed E-state index contributed by atoms with van der Waals surface area (Å²) in [6, 6.07) is 21.8. The predicted molar refractivity (Wildman–Crippen MR) is 154 cm³/mol. The van der Waals surface area contributed by atoms with Crippen molar-refractivity contribution in [1.82, 2.24) is 4.98 Å². The van der Waals surface area contributed by atoms with E-state index in [-0.39, 0.29) is 5.91 Å². The van der Waals surface area contributed by atoms with Gasteiger partial charge in [0.25, 0.3) is 5.91 Å². The minimum Gasteiger partial charge on any atom is -0.465 e. The van der Waals surface area contributed by atoms with E-state index < -0.39 is 5.97 Å². The number of anilines is 1. The van der Waals surface area contributed by atoms with Gasteiger partial charge in [0.15, 0.2) is 0 Å². The van der Waals surface area contributed by atoms with Crippen LogP contribution in [0.2, 0.25) is 10.0 Å². The van der Waals surface area contributed by atoms with Crippen molar-refractivity contribution in [2.24, 2.45) is 0 Å². The molecule has 0 bridgehead atoms. The summed E-state index contributed by atoms with van der Waals surface area (Å²) in [6.45, 7) is 0. The number of methoxy groups -OCH3 is 1. The van der Waals surface area contributed by atoms with Crippen molar-refractivity contribution in [2.45, 2.75) is 0 Å². The van der Waals surface area contributed by atoms with Gasteiger partial charge < -0.3 is 10.1 Å². The molecule has 5 rings (SSSR count). The fourth-order valence-corrected chi connectivity index (χ4v) is 5.45. The Hall–Kier alpha value is -3.23. The number of halogens is 3. The number of nitrogens with zero attached hydrogens (tertiary/aromatic N) is 1. The van der Waals surface area contributed by atoms with Crippen LogP contribution in [0.1, 0.15) is 20.7 Å². The summed E-state index contributed by atoms with van der Waals surface area (Å²) in [5.41, 5.74) is 4.14. The molecule has 0 fully saturated rings. The third kappa shape index (κ3) is 5.13. The monoisotopic (exact) mass is 610 g/mol. The minimum absolute atomic E-state index is 0.297. The molecule has 2 heterocycles. The van der Waals surface area contributed by atoms with Crippen LogP contribution in [0, 0.1) is 0 Å². The summed E-state index contributed by atoms with van der Waals surface area (Å²) in [4.78, 5) is 31.1. The van der Waals surface area contributed by atoms with E-state index in [1.807, 2.05) is 53.9 Å². The van der Waals surface area contributed by atoms with E-state index in [9.17, 15) is 9.59 Å². The van der Waals surface area contributed by atoms with Gasteiger partial charge in [0.1, 0.15) is 10.6 Å². The van der Waals surface area contributed by atoms with Crippen LogP contribution in [-0.4, -0.2) is 24.0 Å². The molecular formula is C28H17BrCl2N2O3S. The van der Waals surface area contributed by atoms with Gasteiger partial charge in [-0.15, -0.1) is 11.3 Å². The number of rotatable bonds is 5. The zero-order chi connectivity index (χ0) is 26.1. The summed E-state index contributed by atoms with van der Waals surface area (Å²) in [5.74, 6) is -0.917. The minimum atomic E-state index is -0.537. The van der Waals surface area contributed by atoms with Crippen LogP contribution in [0.3, 0.4) is 0 Å². The van der Waals surface area contributed by atoms with Crippen molar-refractivity contribution >= 4 is 78.2 Å². The number of aromatic nitrogens is 1. The molecule has 0 atom stereocenters. The zero-order valence-electron chi connectivity index (χ0n) is 19.2.